The minimum Gasteiger partial charge on any atom is -0.311 e. The second-order valence-corrected chi connectivity index (χ2v) is 22.7. The largest absolute Gasteiger partial charge is 0.311 e. The molecule has 10 aromatic rings. The van der Waals surface area contributed by atoms with Crippen molar-refractivity contribution in [3.8, 4) is 0 Å². The quantitative estimate of drug-likeness (QED) is 0.154. The number of fused-ring (bicyclic) bond motifs is 4. The van der Waals surface area contributed by atoms with Gasteiger partial charge in [0.1, 0.15) is 0 Å². The number of benzene rings is 7. The lowest BCUT2D eigenvalue weighted by atomic mass is 9.77. The third-order valence-corrected chi connectivity index (χ3v) is 17.1. The van der Waals surface area contributed by atoms with Crippen LogP contribution in [0.3, 0.4) is 0 Å². The first-order chi connectivity index (χ1) is 30.0. The molecule has 0 N–H and O–H groups in total. The van der Waals surface area contributed by atoms with Crippen LogP contribution in [0.4, 0.5) is 28.4 Å². The summed E-state index contributed by atoms with van der Waals surface area (Å²) in [6.45, 7) is 14.3. The summed E-state index contributed by atoms with van der Waals surface area (Å²) in [7, 11) is 0. The number of nitrogens with zero attached hydrogens (tertiary/aromatic N) is 2. The zero-order chi connectivity index (χ0) is 42.1. The number of anilines is 5. The van der Waals surface area contributed by atoms with Gasteiger partial charge in [0, 0.05) is 74.0 Å². The number of hydrogen-bond donors (Lipinski definition) is 0. The fourth-order valence-corrected chi connectivity index (χ4v) is 14.1. The van der Waals surface area contributed by atoms with Gasteiger partial charge in [0.15, 0.2) is 0 Å². The molecular weight excluding hydrogens is 829 g/mol. The van der Waals surface area contributed by atoms with Crippen molar-refractivity contribution >= 4 is 137 Å². The van der Waals surface area contributed by atoms with Crippen LogP contribution in [0.1, 0.15) is 52.7 Å². The maximum Gasteiger partial charge on any atom is 0.0648 e. The summed E-state index contributed by atoms with van der Waals surface area (Å²) in [6.07, 6.45) is 9.25. The summed E-state index contributed by atoms with van der Waals surface area (Å²) in [5, 5.41) is 21.8. The molecule has 2 aliphatic rings. The molecule has 0 amide bonds. The molecule has 0 spiro atoms. The van der Waals surface area contributed by atoms with Crippen molar-refractivity contribution in [3.05, 3.63) is 172 Å². The van der Waals surface area contributed by atoms with Gasteiger partial charge in [-0.2, -0.15) is 0 Å². The first-order valence-electron chi connectivity index (χ1n) is 21.5. The van der Waals surface area contributed by atoms with E-state index < -0.39 is 0 Å². The summed E-state index contributed by atoms with van der Waals surface area (Å²) in [4.78, 5) is 5.24. The molecule has 7 aromatic carbocycles. The number of hydrogen-bond acceptors (Lipinski definition) is 6. The minimum atomic E-state index is -0.130. The molecule has 0 bridgehead atoms. The van der Waals surface area contributed by atoms with Crippen LogP contribution in [-0.2, 0) is 10.8 Å². The minimum absolute atomic E-state index is 0.124. The van der Waals surface area contributed by atoms with Crippen molar-refractivity contribution in [1.82, 2.24) is 0 Å². The third kappa shape index (κ3) is 5.80. The van der Waals surface area contributed by atoms with Crippen molar-refractivity contribution in [3.63, 3.8) is 0 Å². The number of thiophene rings is 3. The average molecular weight is 875 g/mol. The highest BCUT2D eigenvalue weighted by atomic mass is 32.2. The summed E-state index contributed by atoms with van der Waals surface area (Å²) < 4.78 is 3.90. The molecule has 12 rings (SSSR count). The lowest BCUT2D eigenvalue weighted by Crippen LogP contribution is -2.25. The summed E-state index contributed by atoms with van der Waals surface area (Å²) >= 11 is 7.46. The molecule has 0 radical (unpaired) electrons. The van der Waals surface area contributed by atoms with E-state index in [2.05, 4.69) is 206 Å². The van der Waals surface area contributed by atoms with Gasteiger partial charge in [-0.1, -0.05) is 145 Å². The van der Waals surface area contributed by atoms with Crippen molar-refractivity contribution in [2.75, 3.05) is 9.80 Å². The molecule has 304 valence electrons. The predicted octanol–water partition coefficient (Wildman–Crippen LogP) is 18.1. The Hall–Kier alpha value is -5.37. The van der Waals surface area contributed by atoms with Gasteiger partial charge in [-0.3, -0.25) is 0 Å². The molecule has 6 heteroatoms. The Balaban J connectivity index is 1.23. The van der Waals surface area contributed by atoms with Gasteiger partial charge in [0.25, 0.3) is 0 Å². The SMILES string of the molecule is CC(C)(C)c1cc(N(C2=CSC3C=CC=CC23)c2csc3ccccc23)c2ccc3c(C(C)(C)C)cc(N(c4csc5ccccc45)c4csc5ccccc45)c4ccc1c2c43. The lowest BCUT2D eigenvalue weighted by molar-refractivity contribution is 0.595. The highest BCUT2D eigenvalue weighted by molar-refractivity contribution is 8.03. The molecule has 3 aromatic heterocycles. The second-order valence-electron chi connectivity index (χ2n) is 18.9. The fraction of sp³-hybridized carbons (Fsp3) is 0.179. The van der Waals surface area contributed by atoms with Crippen molar-refractivity contribution in [2.45, 2.75) is 57.6 Å². The first-order valence-corrected chi connectivity index (χ1v) is 25.1. The van der Waals surface area contributed by atoms with Crippen LogP contribution in [0, 0.1) is 5.92 Å². The molecule has 0 saturated heterocycles. The number of thioether (sulfide) groups is 1. The Morgan fingerprint density at radius 3 is 1.34 bits per heavy atom. The third-order valence-electron chi connectivity index (χ3n) is 13.1. The number of rotatable bonds is 6. The van der Waals surface area contributed by atoms with E-state index in [0.717, 1.165) is 0 Å². The molecule has 1 aliphatic carbocycles. The normalized spacial score (nSPS) is 16.8. The molecule has 0 fully saturated rings. The molecule has 2 atom stereocenters. The van der Waals surface area contributed by atoms with Crippen LogP contribution in [0.2, 0.25) is 0 Å². The van der Waals surface area contributed by atoms with Crippen LogP contribution < -0.4 is 9.80 Å². The van der Waals surface area contributed by atoms with E-state index >= 15 is 0 Å². The van der Waals surface area contributed by atoms with E-state index in [9.17, 15) is 0 Å². The molecular formula is C56H46N2S4. The van der Waals surface area contributed by atoms with Gasteiger partial charge >= 0.3 is 0 Å². The Kier molecular flexibility index (Phi) is 8.69. The smallest absolute Gasteiger partial charge is 0.0648 e. The Labute approximate surface area is 379 Å². The van der Waals surface area contributed by atoms with E-state index in [1.165, 1.54) is 108 Å². The second kappa shape index (κ2) is 14.1. The molecule has 2 unspecified atom stereocenters. The predicted molar refractivity (Wildman–Crippen MR) is 278 cm³/mol. The van der Waals surface area contributed by atoms with Gasteiger partial charge in [0.05, 0.1) is 28.4 Å². The van der Waals surface area contributed by atoms with Gasteiger partial charge in [-0.25, -0.2) is 0 Å². The highest BCUT2D eigenvalue weighted by Gasteiger charge is 2.36. The summed E-state index contributed by atoms with van der Waals surface area (Å²) in [5.41, 5.74) is 10.0. The van der Waals surface area contributed by atoms with E-state index in [4.69, 9.17) is 0 Å². The topological polar surface area (TPSA) is 6.48 Å². The van der Waals surface area contributed by atoms with Crippen LogP contribution in [-0.4, -0.2) is 5.25 Å². The van der Waals surface area contributed by atoms with Gasteiger partial charge < -0.3 is 9.80 Å². The van der Waals surface area contributed by atoms with Crippen LogP contribution in [0.25, 0.3) is 62.6 Å². The maximum atomic E-state index is 2.65. The molecule has 0 saturated carbocycles. The Bertz CT molecular complexity index is 3430. The standard InChI is InChI=1S/C56H46N2S4/c1-55(2,3)41-27-43(57(45-29-59-49-19-11-7-15-35(45)49)46-30-60-50-20-12-8-16-36(46)50)39-26-24-34-42(56(4,5)6)28-44(40-25-23-33(41)53(39)54(34)40)58(47-31-61-51-21-13-9-17-37(47)51)48-32-62-52-22-14-10-18-38(48)52/h7-32,35,49H,1-6H3. The van der Waals surface area contributed by atoms with Crippen LogP contribution in [0.15, 0.2) is 161 Å². The van der Waals surface area contributed by atoms with Crippen LogP contribution in [0.5, 0.6) is 0 Å². The van der Waals surface area contributed by atoms with Gasteiger partial charge in [0.2, 0.25) is 0 Å². The summed E-state index contributed by atoms with van der Waals surface area (Å²) in [5.74, 6) is 0.272. The molecule has 62 heavy (non-hydrogen) atoms. The molecule has 2 nitrogen and oxygen atoms in total. The van der Waals surface area contributed by atoms with Crippen molar-refractivity contribution < 1.29 is 0 Å². The highest BCUT2D eigenvalue weighted by Crippen LogP contribution is 2.55. The summed E-state index contributed by atoms with van der Waals surface area (Å²) in [6, 6.07) is 41.6. The number of allylic oxidation sites excluding steroid dienone is 3. The zero-order valence-corrected chi connectivity index (χ0v) is 39.0. The molecule has 1 aliphatic heterocycles. The van der Waals surface area contributed by atoms with Crippen LogP contribution >= 0.6 is 45.8 Å². The van der Waals surface area contributed by atoms with Crippen molar-refractivity contribution in [1.29, 1.82) is 0 Å². The Morgan fingerprint density at radius 1 is 0.435 bits per heavy atom. The molecule has 4 heterocycles. The zero-order valence-electron chi connectivity index (χ0n) is 35.7. The van der Waals surface area contributed by atoms with E-state index in [1.807, 2.05) is 45.8 Å². The van der Waals surface area contributed by atoms with E-state index in [-0.39, 0.29) is 16.7 Å². The average Bonchev–Trinajstić information content (AvgIpc) is 4.09. The lowest BCUT2D eigenvalue weighted by Gasteiger charge is -2.35. The van der Waals surface area contributed by atoms with Crippen molar-refractivity contribution in [2.24, 2.45) is 5.92 Å². The first kappa shape index (κ1) is 38.3. The van der Waals surface area contributed by atoms with E-state index in [0.29, 0.717) is 5.25 Å². The maximum absolute atomic E-state index is 2.65. The fourth-order valence-electron chi connectivity index (χ4n) is 10.2. The Morgan fingerprint density at radius 2 is 0.855 bits per heavy atom. The van der Waals surface area contributed by atoms with Gasteiger partial charge in [-0.05, 0) is 79.2 Å². The van der Waals surface area contributed by atoms with Gasteiger partial charge in [-0.15, -0.1) is 45.8 Å². The van der Waals surface area contributed by atoms with E-state index in [1.54, 1.807) is 0 Å². The monoisotopic (exact) mass is 874 g/mol.